The molecule has 0 radical (unpaired) electrons. The smallest absolute Gasteiger partial charge is 0.129 e. The van der Waals surface area contributed by atoms with Gasteiger partial charge in [0, 0.05) is 11.1 Å². The van der Waals surface area contributed by atoms with Crippen LogP contribution < -0.4 is 0 Å². The second-order valence-corrected chi connectivity index (χ2v) is 7.91. The Balaban J connectivity index is 1.69. The molecule has 0 spiro atoms. The summed E-state index contributed by atoms with van der Waals surface area (Å²) < 4.78 is 71.2. The van der Waals surface area contributed by atoms with Crippen molar-refractivity contribution in [3.63, 3.8) is 0 Å². The minimum Gasteiger partial charge on any atom is -0.207 e. The van der Waals surface area contributed by atoms with Crippen LogP contribution in [0.25, 0.3) is 0 Å². The molecular weight excluding hydrogens is 407 g/mol. The van der Waals surface area contributed by atoms with Gasteiger partial charge in [0.2, 0.25) is 0 Å². The summed E-state index contributed by atoms with van der Waals surface area (Å²) in [7, 11) is 0. The van der Waals surface area contributed by atoms with Gasteiger partial charge in [-0.1, -0.05) is 25.5 Å². The van der Waals surface area contributed by atoms with Crippen molar-refractivity contribution in [2.24, 2.45) is 0 Å². The van der Waals surface area contributed by atoms with Gasteiger partial charge < -0.3 is 0 Å². The maximum atomic E-state index is 14.5. The Morgan fingerprint density at radius 3 is 1.39 bits per heavy atom. The molecule has 31 heavy (non-hydrogen) atoms. The van der Waals surface area contributed by atoms with Gasteiger partial charge in [0.05, 0.1) is 0 Å². The van der Waals surface area contributed by atoms with Crippen molar-refractivity contribution in [2.75, 3.05) is 0 Å². The van der Waals surface area contributed by atoms with Crippen LogP contribution in [0.2, 0.25) is 0 Å². The van der Waals surface area contributed by atoms with E-state index in [1.807, 2.05) is 6.92 Å². The van der Waals surface area contributed by atoms with Crippen molar-refractivity contribution >= 4 is 0 Å². The molecule has 3 aromatic rings. The topological polar surface area (TPSA) is 0 Å². The number of halogens is 5. The normalized spacial score (nSPS) is 11.2. The minimum atomic E-state index is -0.707. The Morgan fingerprint density at radius 2 is 0.935 bits per heavy atom. The predicted octanol–water partition coefficient (Wildman–Crippen LogP) is 7.21. The molecule has 5 heteroatoms. The minimum absolute atomic E-state index is 0.00490. The number of hydrogen-bond acceptors (Lipinski definition) is 0. The van der Waals surface area contributed by atoms with Crippen LogP contribution in [0.15, 0.2) is 42.5 Å². The Bertz CT molecular complexity index is 1030. The predicted molar refractivity (Wildman–Crippen MR) is 113 cm³/mol. The quantitative estimate of drug-likeness (QED) is 0.330. The zero-order chi connectivity index (χ0) is 22.5. The van der Waals surface area contributed by atoms with Gasteiger partial charge in [-0.15, -0.1) is 0 Å². The molecule has 0 aliphatic heterocycles. The average Bonchev–Trinajstić information content (AvgIpc) is 2.69. The SMILES string of the molecule is CCCc1cc(F)c(CCc2cc(F)c(CCc3ccc(C)c(F)c3)c(F)c2)c(F)c1. The molecule has 0 fully saturated rings. The van der Waals surface area contributed by atoms with Gasteiger partial charge >= 0.3 is 0 Å². The summed E-state index contributed by atoms with van der Waals surface area (Å²) in [5.74, 6) is -3.03. The summed E-state index contributed by atoms with van der Waals surface area (Å²) >= 11 is 0. The standard InChI is InChI=1S/C26H25F5/c1-3-4-18-12-23(28)21(24(29)13-18)10-8-19-14-25(30)20(26(31)15-19)9-7-17-6-5-16(2)22(27)11-17/h5-6,11-15H,3-4,7-10H2,1-2H3. The van der Waals surface area contributed by atoms with Gasteiger partial charge in [0.1, 0.15) is 29.1 Å². The van der Waals surface area contributed by atoms with Crippen LogP contribution in [0.4, 0.5) is 22.0 Å². The Hall–Kier alpha value is -2.69. The molecular formula is C26H25F5. The van der Waals surface area contributed by atoms with Crippen molar-refractivity contribution in [1.29, 1.82) is 0 Å². The molecule has 0 atom stereocenters. The molecule has 0 saturated heterocycles. The number of rotatable bonds is 8. The van der Waals surface area contributed by atoms with E-state index < -0.39 is 23.3 Å². The van der Waals surface area contributed by atoms with Gasteiger partial charge in [-0.3, -0.25) is 0 Å². The van der Waals surface area contributed by atoms with E-state index in [0.29, 0.717) is 35.1 Å². The van der Waals surface area contributed by atoms with Crippen LogP contribution in [-0.2, 0) is 32.1 Å². The Labute approximate surface area is 179 Å². The monoisotopic (exact) mass is 432 g/mol. The number of aryl methyl sites for hydroxylation is 4. The van der Waals surface area contributed by atoms with Crippen molar-refractivity contribution < 1.29 is 22.0 Å². The maximum Gasteiger partial charge on any atom is 0.129 e. The first-order valence-corrected chi connectivity index (χ1v) is 10.5. The molecule has 0 aliphatic carbocycles. The summed E-state index contributed by atoms with van der Waals surface area (Å²) in [4.78, 5) is 0. The highest BCUT2D eigenvalue weighted by molar-refractivity contribution is 5.31. The maximum absolute atomic E-state index is 14.5. The largest absolute Gasteiger partial charge is 0.207 e. The molecule has 0 bridgehead atoms. The van der Waals surface area contributed by atoms with Crippen LogP contribution in [0.5, 0.6) is 0 Å². The summed E-state index contributed by atoms with van der Waals surface area (Å²) in [6.45, 7) is 3.57. The lowest BCUT2D eigenvalue weighted by molar-refractivity contribution is 0.544. The fraction of sp³-hybridized carbons (Fsp3) is 0.308. The van der Waals surface area contributed by atoms with Crippen LogP contribution in [0.1, 0.15) is 46.7 Å². The van der Waals surface area contributed by atoms with Crippen LogP contribution >= 0.6 is 0 Å². The van der Waals surface area contributed by atoms with E-state index >= 15 is 0 Å². The molecule has 3 aromatic carbocycles. The summed E-state index contributed by atoms with van der Waals surface area (Å²) in [6.07, 6.45) is 1.86. The van der Waals surface area contributed by atoms with E-state index in [0.717, 1.165) is 6.42 Å². The second-order valence-electron chi connectivity index (χ2n) is 7.91. The van der Waals surface area contributed by atoms with E-state index in [9.17, 15) is 22.0 Å². The fourth-order valence-electron chi connectivity index (χ4n) is 3.70. The molecule has 0 nitrogen and oxygen atoms in total. The number of benzene rings is 3. The molecule has 0 saturated carbocycles. The lowest BCUT2D eigenvalue weighted by atomic mass is 9.97. The van der Waals surface area contributed by atoms with Gasteiger partial charge in [-0.05, 0) is 91.6 Å². The van der Waals surface area contributed by atoms with Crippen molar-refractivity contribution in [1.82, 2.24) is 0 Å². The van der Waals surface area contributed by atoms with Gasteiger partial charge in [0.15, 0.2) is 0 Å². The Morgan fingerprint density at radius 1 is 0.516 bits per heavy atom. The lowest BCUT2D eigenvalue weighted by Crippen LogP contribution is -2.04. The highest BCUT2D eigenvalue weighted by Crippen LogP contribution is 2.22. The highest BCUT2D eigenvalue weighted by Gasteiger charge is 2.15. The third-order valence-corrected chi connectivity index (χ3v) is 5.50. The van der Waals surface area contributed by atoms with E-state index in [4.69, 9.17) is 0 Å². The molecule has 164 valence electrons. The van der Waals surface area contributed by atoms with Gasteiger partial charge in [-0.25, -0.2) is 22.0 Å². The molecule has 0 amide bonds. The van der Waals surface area contributed by atoms with Crippen LogP contribution in [0, 0.1) is 36.0 Å². The number of hydrogen-bond donors (Lipinski definition) is 0. The van der Waals surface area contributed by atoms with Crippen molar-refractivity contribution in [2.45, 2.75) is 52.4 Å². The average molecular weight is 432 g/mol. The van der Waals surface area contributed by atoms with Crippen molar-refractivity contribution in [3.8, 4) is 0 Å². The molecule has 0 N–H and O–H groups in total. The van der Waals surface area contributed by atoms with E-state index in [1.54, 1.807) is 19.1 Å². The summed E-state index contributed by atoms with van der Waals surface area (Å²) in [5.41, 5.74) is 1.94. The summed E-state index contributed by atoms with van der Waals surface area (Å²) in [5, 5.41) is 0. The van der Waals surface area contributed by atoms with E-state index in [2.05, 4.69) is 0 Å². The van der Waals surface area contributed by atoms with Crippen LogP contribution in [0.3, 0.4) is 0 Å². The fourth-order valence-corrected chi connectivity index (χ4v) is 3.70. The van der Waals surface area contributed by atoms with Crippen LogP contribution in [-0.4, -0.2) is 0 Å². The first kappa shape index (κ1) is 23.0. The molecule has 3 rings (SSSR count). The third-order valence-electron chi connectivity index (χ3n) is 5.50. The molecule has 0 unspecified atom stereocenters. The molecule has 0 heterocycles. The summed E-state index contributed by atoms with van der Waals surface area (Å²) in [6, 6.07) is 9.78. The van der Waals surface area contributed by atoms with E-state index in [1.165, 1.54) is 30.3 Å². The first-order valence-electron chi connectivity index (χ1n) is 10.5. The third kappa shape index (κ3) is 5.72. The Kier molecular flexibility index (Phi) is 7.47. The zero-order valence-electron chi connectivity index (χ0n) is 17.7. The van der Waals surface area contributed by atoms with Gasteiger partial charge in [0.25, 0.3) is 0 Å². The lowest BCUT2D eigenvalue weighted by Gasteiger charge is -2.11. The van der Waals surface area contributed by atoms with Crippen molar-refractivity contribution in [3.05, 3.63) is 105 Å². The first-order chi connectivity index (χ1) is 14.8. The zero-order valence-corrected chi connectivity index (χ0v) is 17.7. The molecule has 0 aromatic heterocycles. The second kappa shape index (κ2) is 10.1. The highest BCUT2D eigenvalue weighted by atomic mass is 19.1. The van der Waals surface area contributed by atoms with Gasteiger partial charge in [-0.2, -0.15) is 0 Å². The molecule has 0 aliphatic rings. The van der Waals surface area contributed by atoms with E-state index in [-0.39, 0.29) is 36.2 Å².